The lowest BCUT2D eigenvalue weighted by atomic mass is 10.1. The molecule has 0 spiro atoms. The Labute approximate surface area is 99.7 Å². The fourth-order valence-corrected chi connectivity index (χ4v) is 2.22. The topological polar surface area (TPSA) is 60.9 Å². The number of aromatic hydroxyl groups is 1. The zero-order valence-corrected chi connectivity index (χ0v) is 9.48. The van der Waals surface area contributed by atoms with Crippen LogP contribution >= 0.6 is 0 Å². The number of benzene rings is 1. The van der Waals surface area contributed by atoms with E-state index in [9.17, 15) is 5.11 Å². The predicted octanol–water partition coefficient (Wildman–Crippen LogP) is 1.86. The summed E-state index contributed by atoms with van der Waals surface area (Å²) in [6, 6.07) is 7.15. The Balaban J connectivity index is 1.86. The number of H-pyrrole nitrogens is 1. The second-order valence-electron chi connectivity index (χ2n) is 4.42. The number of imidazole rings is 1. The van der Waals surface area contributed by atoms with E-state index >= 15 is 0 Å². The number of phenolic OH excluding ortho intramolecular Hbond substituents is 1. The molecule has 0 saturated carbocycles. The molecule has 1 aromatic heterocycles. The van der Waals surface area contributed by atoms with E-state index in [-0.39, 0.29) is 5.75 Å². The quantitative estimate of drug-likeness (QED) is 0.736. The molecule has 1 unspecified atom stereocenters. The summed E-state index contributed by atoms with van der Waals surface area (Å²) < 4.78 is 0. The van der Waals surface area contributed by atoms with Crippen LogP contribution in [-0.2, 0) is 0 Å². The third-order valence-electron chi connectivity index (χ3n) is 3.22. The van der Waals surface area contributed by atoms with Gasteiger partial charge in [-0.1, -0.05) is 0 Å². The molecule has 3 N–H and O–H groups in total. The molecule has 4 nitrogen and oxygen atoms in total. The Morgan fingerprint density at radius 2 is 2.06 bits per heavy atom. The van der Waals surface area contributed by atoms with Crippen LogP contribution in [0.2, 0.25) is 0 Å². The maximum atomic E-state index is 9.25. The summed E-state index contributed by atoms with van der Waals surface area (Å²) in [5.74, 6) is 1.84. The van der Waals surface area contributed by atoms with Crippen molar-refractivity contribution in [3.05, 3.63) is 36.3 Å². The van der Waals surface area contributed by atoms with Crippen LogP contribution in [-0.4, -0.2) is 28.2 Å². The van der Waals surface area contributed by atoms with Crippen LogP contribution in [0.1, 0.15) is 18.2 Å². The average Bonchev–Trinajstić information content (AvgIpc) is 3.00. The number of hydrogen-bond donors (Lipinski definition) is 3. The molecule has 3 rings (SSSR count). The van der Waals surface area contributed by atoms with Gasteiger partial charge in [0, 0.05) is 12.5 Å². The van der Waals surface area contributed by atoms with Gasteiger partial charge in [-0.3, -0.25) is 0 Å². The molecular formula is C13H15N3O. The van der Waals surface area contributed by atoms with Gasteiger partial charge in [0.05, 0.1) is 11.9 Å². The van der Waals surface area contributed by atoms with E-state index in [0.29, 0.717) is 5.92 Å². The molecule has 2 heterocycles. The molecule has 4 heteroatoms. The highest BCUT2D eigenvalue weighted by Gasteiger charge is 2.19. The van der Waals surface area contributed by atoms with E-state index in [1.165, 1.54) is 0 Å². The van der Waals surface area contributed by atoms with Crippen LogP contribution in [0, 0.1) is 0 Å². The molecule has 17 heavy (non-hydrogen) atoms. The summed E-state index contributed by atoms with van der Waals surface area (Å²) in [4.78, 5) is 7.80. The molecule has 1 fully saturated rings. The van der Waals surface area contributed by atoms with Gasteiger partial charge >= 0.3 is 0 Å². The molecular weight excluding hydrogens is 214 g/mol. The van der Waals surface area contributed by atoms with E-state index in [4.69, 9.17) is 0 Å². The lowest BCUT2D eigenvalue weighted by Crippen LogP contribution is -2.08. The maximum absolute atomic E-state index is 9.25. The molecule has 1 saturated heterocycles. The lowest BCUT2D eigenvalue weighted by molar-refractivity contribution is 0.475. The molecule has 1 aromatic carbocycles. The number of aromatic nitrogens is 2. The number of aromatic amines is 1. The number of nitrogens with one attached hydrogen (secondary N) is 2. The van der Waals surface area contributed by atoms with Crippen molar-refractivity contribution >= 4 is 0 Å². The van der Waals surface area contributed by atoms with E-state index in [2.05, 4.69) is 15.3 Å². The highest BCUT2D eigenvalue weighted by atomic mass is 16.3. The Bertz CT molecular complexity index is 498. The zero-order chi connectivity index (χ0) is 11.7. The van der Waals surface area contributed by atoms with Crippen molar-refractivity contribution in [1.29, 1.82) is 0 Å². The fourth-order valence-electron chi connectivity index (χ4n) is 2.22. The minimum absolute atomic E-state index is 0.286. The summed E-state index contributed by atoms with van der Waals surface area (Å²) in [7, 11) is 0. The monoisotopic (exact) mass is 229 g/mol. The van der Waals surface area contributed by atoms with Crippen molar-refractivity contribution in [3.8, 4) is 17.0 Å². The van der Waals surface area contributed by atoms with E-state index in [1.54, 1.807) is 12.1 Å². The first-order valence-corrected chi connectivity index (χ1v) is 5.88. The van der Waals surface area contributed by atoms with Gasteiger partial charge < -0.3 is 15.4 Å². The van der Waals surface area contributed by atoms with Gasteiger partial charge in [0.15, 0.2) is 0 Å². The van der Waals surface area contributed by atoms with Crippen molar-refractivity contribution in [3.63, 3.8) is 0 Å². The molecule has 0 bridgehead atoms. The molecule has 0 aliphatic carbocycles. The zero-order valence-electron chi connectivity index (χ0n) is 9.48. The molecule has 88 valence electrons. The van der Waals surface area contributed by atoms with Gasteiger partial charge in [-0.2, -0.15) is 0 Å². The fraction of sp³-hybridized carbons (Fsp3) is 0.308. The highest BCUT2D eigenvalue weighted by molar-refractivity contribution is 5.59. The smallest absolute Gasteiger partial charge is 0.115 e. The normalized spacial score (nSPS) is 19.6. The lowest BCUT2D eigenvalue weighted by Gasteiger charge is -2.03. The maximum Gasteiger partial charge on any atom is 0.115 e. The van der Waals surface area contributed by atoms with Gasteiger partial charge in [0.2, 0.25) is 0 Å². The number of hydrogen-bond acceptors (Lipinski definition) is 3. The molecule has 0 radical (unpaired) electrons. The van der Waals surface area contributed by atoms with Crippen LogP contribution in [0.25, 0.3) is 11.3 Å². The van der Waals surface area contributed by atoms with Crippen LogP contribution in [0.5, 0.6) is 5.75 Å². The molecule has 1 atom stereocenters. The summed E-state index contributed by atoms with van der Waals surface area (Å²) in [5, 5.41) is 12.6. The minimum atomic E-state index is 0.286. The standard InChI is InChI=1S/C13H15N3O/c17-11-3-1-9(2-4-11)12-8-15-13(16-12)10-5-6-14-7-10/h1-4,8,10,14,17H,5-7H2,(H,15,16). The molecule has 1 aliphatic rings. The Kier molecular flexibility index (Phi) is 2.57. The minimum Gasteiger partial charge on any atom is -0.508 e. The van der Waals surface area contributed by atoms with Crippen molar-refractivity contribution in [2.45, 2.75) is 12.3 Å². The Morgan fingerprint density at radius 3 is 2.76 bits per heavy atom. The number of phenols is 1. The average molecular weight is 229 g/mol. The van der Waals surface area contributed by atoms with Gasteiger partial charge in [-0.15, -0.1) is 0 Å². The van der Waals surface area contributed by atoms with Crippen molar-refractivity contribution < 1.29 is 5.11 Å². The van der Waals surface area contributed by atoms with Gasteiger partial charge in [-0.05, 0) is 42.8 Å². The predicted molar refractivity (Wildman–Crippen MR) is 65.9 cm³/mol. The summed E-state index contributed by atoms with van der Waals surface area (Å²) in [5.41, 5.74) is 2.06. The Morgan fingerprint density at radius 1 is 1.24 bits per heavy atom. The first kappa shape index (κ1) is 10.4. The van der Waals surface area contributed by atoms with Gasteiger partial charge in [-0.25, -0.2) is 4.98 Å². The largest absolute Gasteiger partial charge is 0.508 e. The third kappa shape index (κ3) is 2.03. The first-order chi connectivity index (χ1) is 8.33. The van der Waals surface area contributed by atoms with Gasteiger partial charge in [0.25, 0.3) is 0 Å². The SMILES string of the molecule is Oc1ccc(-c2cnc(C3CCNC3)[nH]2)cc1. The van der Waals surface area contributed by atoms with Crippen LogP contribution in [0.3, 0.4) is 0 Å². The first-order valence-electron chi connectivity index (χ1n) is 5.88. The highest BCUT2D eigenvalue weighted by Crippen LogP contribution is 2.24. The number of rotatable bonds is 2. The molecule has 1 aliphatic heterocycles. The summed E-state index contributed by atoms with van der Waals surface area (Å²) in [6.45, 7) is 2.07. The van der Waals surface area contributed by atoms with Crippen molar-refractivity contribution in [1.82, 2.24) is 15.3 Å². The Hall–Kier alpha value is -1.81. The second-order valence-corrected chi connectivity index (χ2v) is 4.42. The van der Waals surface area contributed by atoms with E-state index < -0.39 is 0 Å². The van der Waals surface area contributed by atoms with E-state index in [0.717, 1.165) is 36.6 Å². The van der Waals surface area contributed by atoms with Crippen LogP contribution in [0.4, 0.5) is 0 Å². The van der Waals surface area contributed by atoms with Gasteiger partial charge in [0.1, 0.15) is 11.6 Å². The second kappa shape index (κ2) is 4.22. The van der Waals surface area contributed by atoms with Crippen LogP contribution < -0.4 is 5.32 Å². The summed E-state index contributed by atoms with van der Waals surface area (Å²) in [6.07, 6.45) is 3.00. The van der Waals surface area contributed by atoms with Crippen LogP contribution in [0.15, 0.2) is 30.5 Å². The molecule has 2 aromatic rings. The van der Waals surface area contributed by atoms with Crippen molar-refractivity contribution in [2.24, 2.45) is 0 Å². The van der Waals surface area contributed by atoms with E-state index in [1.807, 2.05) is 18.3 Å². The van der Waals surface area contributed by atoms with Crippen molar-refractivity contribution in [2.75, 3.05) is 13.1 Å². The third-order valence-corrected chi connectivity index (χ3v) is 3.22. The number of nitrogens with zero attached hydrogens (tertiary/aromatic N) is 1. The molecule has 0 amide bonds. The summed E-state index contributed by atoms with van der Waals surface area (Å²) >= 11 is 0.